The molecule has 0 radical (unpaired) electrons. The third-order valence-corrected chi connectivity index (χ3v) is 4.87. The molecule has 0 saturated carbocycles. The topological polar surface area (TPSA) is 72.9 Å². The molecule has 0 aliphatic heterocycles. The second kappa shape index (κ2) is 6.54. The third kappa shape index (κ3) is 3.41. The number of fused-ring (bicyclic) bond motifs is 1. The lowest BCUT2D eigenvalue weighted by Gasteiger charge is -2.27. The van der Waals surface area contributed by atoms with Crippen LogP contribution in [0.4, 0.5) is 5.69 Å². The van der Waals surface area contributed by atoms with Crippen molar-refractivity contribution in [2.24, 2.45) is 0 Å². The van der Waals surface area contributed by atoms with E-state index >= 15 is 0 Å². The molecule has 1 aliphatic rings. The number of nitrogen functional groups attached to an aromatic ring is 1. The number of carbonyl (C=O) groups is 1. The van der Waals surface area contributed by atoms with Gasteiger partial charge in [0.2, 0.25) is 0 Å². The maximum absolute atomic E-state index is 12.9. The van der Waals surface area contributed by atoms with Crippen molar-refractivity contribution in [3.8, 4) is 0 Å². The van der Waals surface area contributed by atoms with Gasteiger partial charge in [0.1, 0.15) is 0 Å². The summed E-state index contributed by atoms with van der Waals surface area (Å²) in [5.74, 6) is -0.0398. The average molecular weight is 340 g/mol. The predicted octanol–water partition coefficient (Wildman–Crippen LogP) is 3.59. The summed E-state index contributed by atoms with van der Waals surface area (Å²) in [5.41, 5.74) is 10.6. The van der Waals surface area contributed by atoms with Crippen LogP contribution in [-0.4, -0.2) is 15.7 Å². The molecule has 0 saturated heterocycles. The van der Waals surface area contributed by atoms with Crippen molar-refractivity contribution in [1.82, 2.24) is 15.1 Å². The number of nitrogens with one attached hydrogen (secondary N) is 1. The summed E-state index contributed by atoms with van der Waals surface area (Å²) in [6, 6.07) is 6.04. The number of nitrogens with two attached hydrogens (primary N) is 1. The first kappa shape index (κ1) is 17.5. The fourth-order valence-electron chi connectivity index (χ4n) is 3.70. The smallest absolute Gasteiger partial charge is 0.255 e. The predicted molar refractivity (Wildman–Crippen MR) is 101 cm³/mol. The van der Waals surface area contributed by atoms with Crippen molar-refractivity contribution >= 4 is 11.6 Å². The maximum Gasteiger partial charge on any atom is 0.255 e. The Hall–Kier alpha value is -2.30. The van der Waals surface area contributed by atoms with Gasteiger partial charge < -0.3 is 11.1 Å². The van der Waals surface area contributed by atoms with Crippen LogP contribution in [0.25, 0.3) is 0 Å². The number of anilines is 1. The fraction of sp³-hybridized carbons (Fsp3) is 0.500. The zero-order valence-electron chi connectivity index (χ0n) is 15.6. The van der Waals surface area contributed by atoms with Gasteiger partial charge in [-0.2, -0.15) is 5.10 Å². The minimum atomic E-state index is -0.140. The number of nitrogens with zero attached hydrogens (tertiary/aromatic N) is 2. The maximum atomic E-state index is 12.9. The monoisotopic (exact) mass is 340 g/mol. The molecule has 1 aliphatic carbocycles. The molecule has 5 heteroatoms. The van der Waals surface area contributed by atoms with Gasteiger partial charge in [-0.05, 0) is 69.7 Å². The van der Waals surface area contributed by atoms with Crippen LogP contribution in [0.1, 0.15) is 73.8 Å². The van der Waals surface area contributed by atoms with Crippen molar-refractivity contribution in [3.63, 3.8) is 0 Å². The summed E-state index contributed by atoms with van der Waals surface area (Å²) < 4.78 is 1.96. The summed E-state index contributed by atoms with van der Waals surface area (Å²) >= 11 is 0. The summed E-state index contributed by atoms with van der Waals surface area (Å²) in [4.78, 5) is 12.9. The molecule has 2 aromatic rings. The van der Waals surface area contributed by atoms with Gasteiger partial charge in [0.25, 0.3) is 5.91 Å². The summed E-state index contributed by atoms with van der Waals surface area (Å²) in [7, 11) is 0. The van der Waals surface area contributed by atoms with Gasteiger partial charge in [0.05, 0.1) is 29.0 Å². The molecular formula is C20H28N4O. The lowest BCUT2D eigenvalue weighted by molar-refractivity contribution is 0.0931. The number of hydrogen-bond donors (Lipinski definition) is 2. The van der Waals surface area contributed by atoms with Gasteiger partial charge in [0, 0.05) is 5.69 Å². The van der Waals surface area contributed by atoms with Gasteiger partial charge in [-0.3, -0.25) is 9.48 Å². The molecule has 3 N–H and O–H groups in total. The third-order valence-electron chi connectivity index (χ3n) is 4.87. The number of rotatable bonds is 3. The Labute approximate surface area is 149 Å². The highest BCUT2D eigenvalue weighted by Gasteiger charge is 2.26. The minimum absolute atomic E-state index is 0.0398. The molecule has 1 amide bonds. The van der Waals surface area contributed by atoms with E-state index in [9.17, 15) is 4.79 Å². The number of benzene rings is 1. The van der Waals surface area contributed by atoms with E-state index in [0.717, 1.165) is 37.1 Å². The lowest BCUT2D eigenvalue weighted by atomic mass is 9.87. The van der Waals surface area contributed by atoms with Crippen LogP contribution in [0, 0.1) is 0 Å². The fourth-order valence-corrected chi connectivity index (χ4v) is 3.70. The van der Waals surface area contributed by atoms with Gasteiger partial charge in [-0.25, -0.2) is 0 Å². The summed E-state index contributed by atoms with van der Waals surface area (Å²) in [6.45, 7) is 8.36. The molecule has 1 heterocycles. The van der Waals surface area contributed by atoms with Gasteiger partial charge in [-0.15, -0.1) is 0 Å². The molecule has 0 spiro atoms. The molecular weight excluding hydrogens is 312 g/mol. The van der Waals surface area contributed by atoms with Crippen LogP contribution in [0.3, 0.4) is 0 Å². The van der Waals surface area contributed by atoms with Gasteiger partial charge in [0.15, 0.2) is 0 Å². The molecule has 1 unspecified atom stereocenters. The number of amides is 1. The van der Waals surface area contributed by atoms with Crippen molar-refractivity contribution in [2.75, 3.05) is 5.73 Å². The lowest BCUT2D eigenvalue weighted by Crippen LogP contribution is -2.32. The molecule has 1 aromatic carbocycles. The van der Waals surface area contributed by atoms with Crippen LogP contribution in [0.5, 0.6) is 0 Å². The second-order valence-corrected chi connectivity index (χ2v) is 7.82. The normalized spacial score (nSPS) is 17.2. The van der Waals surface area contributed by atoms with E-state index in [2.05, 4.69) is 38.1 Å². The molecule has 1 atom stereocenters. The van der Waals surface area contributed by atoms with Crippen LogP contribution >= 0.6 is 0 Å². The van der Waals surface area contributed by atoms with E-state index in [4.69, 9.17) is 5.73 Å². The van der Waals surface area contributed by atoms with E-state index < -0.39 is 0 Å². The van der Waals surface area contributed by atoms with Crippen LogP contribution in [0.2, 0.25) is 0 Å². The standard InChI is InChI=1S/C20H28N4O/c1-5-18-16(12-22-24(18)20(2,3)4)19(25)23-17-8-6-7-13-11-14(21)9-10-15(13)17/h9-12,17H,5-8,21H2,1-4H3,(H,23,25). The van der Waals surface area contributed by atoms with E-state index in [1.165, 1.54) is 11.1 Å². The Morgan fingerprint density at radius 3 is 2.84 bits per heavy atom. The first-order chi connectivity index (χ1) is 11.8. The quantitative estimate of drug-likeness (QED) is 0.839. The van der Waals surface area contributed by atoms with Crippen LogP contribution < -0.4 is 11.1 Å². The molecule has 25 heavy (non-hydrogen) atoms. The SMILES string of the molecule is CCc1c(C(=O)NC2CCCc3cc(N)ccc32)cnn1C(C)(C)C. The Morgan fingerprint density at radius 2 is 2.16 bits per heavy atom. The second-order valence-electron chi connectivity index (χ2n) is 7.82. The van der Waals surface area contributed by atoms with E-state index in [-0.39, 0.29) is 17.5 Å². The summed E-state index contributed by atoms with van der Waals surface area (Å²) in [6.07, 6.45) is 5.51. The highest BCUT2D eigenvalue weighted by molar-refractivity contribution is 5.95. The number of aromatic nitrogens is 2. The van der Waals surface area contributed by atoms with Crippen molar-refractivity contribution in [3.05, 3.63) is 46.8 Å². The largest absolute Gasteiger partial charge is 0.399 e. The number of aryl methyl sites for hydroxylation is 1. The zero-order chi connectivity index (χ0) is 18.2. The minimum Gasteiger partial charge on any atom is -0.399 e. The van der Waals surface area contributed by atoms with E-state index in [0.29, 0.717) is 5.56 Å². The molecule has 1 aromatic heterocycles. The van der Waals surface area contributed by atoms with E-state index in [1.54, 1.807) is 6.20 Å². The number of hydrogen-bond acceptors (Lipinski definition) is 3. The average Bonchev–Trinajstić information content (AvgIpc) is 2.99. The Bertz CT molecular complexity index is 785. The first-order valence-corrected chi connectivity index (χ1v) is 9.07. The zero-order valence-corrected chi connectivity index (χ0v) is 15.6. The first-order valence-electron chi connectivity index (χ1n) is 9.07. The molecule has 3 rings (SSSR count). The molecule has 0 fully saturated rings. The highest BCUT2D eigenvalue weighted by Crippen LogP contribution is 2.31. The summed E-state index contributed by atoms with van der Waals surface area (Å²) in [5, 5.41) is 7.68. The van der Waals surface area contributed by atoms with Crippen LogP contribution in [0.15, 0.2) is 24.4 Å². The Kier molecular flexibility index (Phi) is 4.58. The van der Waals surface area contributed by atoms with Crippen molar-refractivity contribution < 1.29 is 4.79 Å². The molecule has 0 bridgehead atoms. The Morgan fingerprint density at radius 1 is 1.40 bits per heavy atom. The van der Waals surface area contributed by atoms with Crippen molar-refractivity contribution in [1.29, 1.82) is 0 Å². The number of carbonyl (C=O) groups excluding carboxylic acids is 1. The van der Waals surface area contributed by atoms with E-state index in [1.807, 2.05) is 22.9 Å². The van der Waals surface area contributed by atoms with Gasteiger partial charge >= 0.3 is 0 Å². The van der Waals surface area contributed by atoms with Crippen LogP contribution in [-0.2, 0) is 18.4 Å². The molecule has 5 nitrogen and oxygen atoms in total. The van der Waals surface area contributed by atoms with Crippen molar-refractivity contribution in [2.45, 2.75) is 65.0 Å². The van der Waals surface area contributed by atoms with Gasteiger partial charge in [-0.1, -0.05) is 13.0 Å². The highest BCUT2D eigenvalue weighted by atomic mass is 16.1. The Balaban J connectivity index is 1.86. The molecule has 134 valence electrons.